The first kappa shape index (κ1) is 13.5. The standard InChI is InChI=1S/C15H15F2NO/c1-9(2)8-10-6-7-11(15(17)14(10)16)12-4-3-5-13(19)18-12/h3-7,9H,8H2,1-2H3,(H,18,19). The molecule has 0 atom stereocenters. The summed E-state index contributed by atoms with van der Waals surface area (Å²) < 4.78 is 28.0. The summed E-state index contributed by atoms with van der Waals surface area (Å²) >= 11 is 0. The van der Waals surface area contributed by atoms with E-state index in [-0.39, 0.29) is 22.7 Å². The topological polar surface area (TPSA) is 32.9 Å². The Morgan fingerprint density at radius 2 is 1.84 bits per heavy atom. The molecule has 1 aromatic carbocycles. The monoisotopic (exact) mass is 263 g/mol. The zero-order valence-electron chi connectivity index (χ0n) is 10.8. The quantitative estimate of drug-likeness (QED) is 0.903. The minimum Gasteiger partial charge on any atom is -0.322 e. The Hall–Kier alpha value is -1.97. The molecule has 0 spiro atoms. The number of nitrogens with one attached hydrogen (secondary N) is 1. The third-order valence-electron chi connectivity index (χ3n) is 2.85. The van der Waals surface area contributed by atoms with Gasteiger partial charge in [0.05, 0.1) is 5.69 Å². The number of aromatic nitrogens is 1. The van der Waals surface area contributed by atoms with Gasteiger partial charge in [0.2, 0.25) is 5.56 Å². The summed E-state index contributed by atoms with van der Waals surface area (Å²) in [5.74, 6) is -1.51. The average molecular weight is 263 g/mol. The van der Waals surface area contributed by atoms with Crippen LogP contribution in [0.25, 0.3) is 11.3 Å². The fourth-order valence-electron chi connectivity index (χ4n) is 2.00. The van der Waals surface area contributed by atoms with Crippen LogP contribution in [-0.2, 0) is 6.42 Å². The first-order valence-corrected chi connectivity index (χ1v) is 6.15. The molecule has 1 N–H and O–H groups in total. The molecule has 0 aliphatic heterocycles. The van der Waals surface area contributed by atoms with E-state index in [2.05, 4.69) is 4.98 Å². The van der Waals surface area contributed by atoms with Crippen LogP contribution in [0.5, 0.6) is 0 Å². The van der Waals surface area contributed by atoms with E-state index in [0.29, 0.717) is 12.0 Å². The second-order valence-corrected chi connectivity index (χ2v) is 4.93. The maximum Gasteiger partial charge on any atom is 0.248 e. The molecular weight excluding hydrogens is 248 g/mol. The molecule has 4 heteroatoms. The summed E-state index contributed by atoms with van der Waals surface area (Å²) in [7, 11) is 0. The Bertz CT molecular complexity index is 647. The highest BCUT2D eigenvalue weighted by Crippen LogP contribution is 2.25. The Labute approximate surface area is 110 Å². The largest absolute Gasteiger partial charge is 0.322 e. The molecule has 2 aromatic rings. The van der Waals surface area contributed by atoms with Crippen molar-refractivity contribution in [3.05, 3.63) is 57.9 Å². The fraction of sp³-hybridized carbons (Fsp3) is 0.267. The molecule has 0 saturated heterocycles. The molecule has 0 bridgehead atoms. The minimum absolute atomic E-state index is 0.0720. The van der Waals surface area contributed by atoms with E-state index in [0.717, 1.165) is 0 Å². The normalized spacial score (nSPS) is 11.0. The van der Waals surface area contributed by atoms with Crippen LogP contribution in [0.1, 0.15) is 19.4 Å². The van der Waals surface area contributed by atoms with Gasteiger partial charge in [0.15, 0.2) is 11.6 Å². The third-order valence-corrected chi connectivity index (χ3v) is 2.85. The molecule has 0 aliphatic carbocycles. The van der Waals surface area contributed by atoms with Gasteiger partial charge in [-0.1, -0.05) is 26.0 Å². The van der Waals surface area contributed by atoms with Crippen molar-refractivity contribution in [2.24, 2.45) is 5.92 Å². The molecule has 2 rings (SSSR count). The van der Waals surface area contributed by atoms with Crippen molar-refractivity contribution in [1.29, 1.82) is 0 Å². The van der Waals surface area contributed by atoms with Gasteiger partial charge in [-0.05, 0) is 30.0 Å². The van der Waals surface area contributed by atoms with Crippen molar-refractivity contribution in [3.8, 4) is 11.3 Å². The van der Waals surface area contributed by atoms with E-state index >= 15 is 0 Å². The maximum atomic E-state index is 14.0. The van der Waals surface area contributed by atoms with Gasteiger partial charge in [-0.3, -0.25) is 4.79 Å². The van der Waals surface area contributed by atoms with Crippen molar-refractivity contribution in [2.45, 2.75) is 20.3 Å². The number of pyridine rings is 1. The Balaban J connectivity index is 2.49. The number of rotatable bonds is 3. The van der Waals surface area contributed by atoms with Crippen molar-refractivity contribution in [1.82, 2.24) is 4.98 Å². The summed E-state index contributed by atoms with van der Waals surface area (Å²) in [6.07, 6.45) is 0.480. The predicted molar refractivity (Wildman–Crippen MR) is 71.0 cm³/mol. The minimum atomic E-state index is -0.917. The van der Waals surface area contributed by atoms with Crippen molar-refractivity contribution in [3.63, 3.8) is 0 Å². The number of benzene rings is 1. The van der Waals surface area contributed by atoms with Gasteiger partial charge in [-0.2, -0.15) is 0 Å². The smallest absolute Gasteiger partial charge is 0.248 e. The van der Waals surface area contributed by atoms with Gasteiger partial charge >= 0.3 is 0 Å². The number of hydrogen-bond acceptors (Lipinski definition) is 1. The lowest BCUT2D eigenvalue weighted by molar-refractivity contribution is 0.491. The highest BCUT2D eigenvalue weighted by Gasteiger charge is 2.15. The summed E-state index contributed by atoms with van der Waals surface area (Å²) in [4.78, 5) is 13.7. The van der Waals surface area contributed by atoms with Crippen LogP contribution < -0.4 is 5.56 Å². The van der Waals surface area contributed by atoms with Gasteiger partial charge < -0.3 is 4.98 Å². The van der Waals surface area contributed by atoms with Crippen LogP contribution >= 0.6 is 0 Å². The molecule has 100 valence electrons. The first-order chi connectivity index (χ1) is 8.99. The molecule has 0 radical (unpaired) electrons. The molecule has 0 saturated carbocycles. The Morgan fingerprint density at radius 3 is 2.47 bits per heavy atom. The van der Waals surface area contributed by atoms with Crippen LogP contribution in [0.2, 0.25) is 0 Å². The lowest BCUT2D eigenvalue weighted by Gasteiger charge is -2.10. The summed E-state index contributed by atoms with van der Waals surface area (Å²) in [6, 6.07) is 7.44. The molecule has 1 aromatic heterocycles. The van der Waals surface area contributed by atoms with Crippen molar-refractivity contribution in [2.75, 3.05) is 0 Å². The van der Waals surface area contributed by atoms with E-state index in [4.69, 9.17) is 0 Å². The van der Waals surface area contributed by atoms with E-state index in [1.165, 1.54) is 18.2 Å². The second-order valence-electron chi connectivity index (χ2n) is 4.93. The lowest BCUT2D eigenvalue weighted by Crippen LogP contribution is -2.06. The molecular formula is C15H15F2NO. The highest BCUT2D eigenvalue weighted by atomic mass is 19.2. The SMILES string of the molecule is CC(C)Cc1ccc(-c2cccc(=O)[nH]2)c(F)c1F. The molecule has 1 heterocycles. The fourth-order valence-corrected chi connectivity index (χ4v) is 2.00. The van der Waals surface area contributed by atoms with Crippen LogP contribution in [0.4, 0.5) is 8.78 Å². The molecule has 0 fully saturated rings. The maximum absolute atomic E-state index is 14.0. The van der Waals surface area contributed by atoms with Gasteiger partial charge in [-0.25, -0.2) is 8.78 Å². The van der Waals surface area contributed by atoms with E-state index < -0.39 is 11.6 Å². The lowest BCUT2D eigenvalue weighted by atomic mass is 9.99. The van der Waals surface area contributed by atoms with Crippen molar-refractivity contribution < 1.29 is 8.78 Å². The average Bonchev–Trinajstić information content (AvgIpc) is 2.35. The number of aromatic amines is 1. The van der Waals surface area contributed by atoms with E-state index in [1.54, 1.807) is 12.1 Å². The summed E-state index contributed by atoms with van der Waals surface area (Å²) in [6.45, 7) is 3.89. The molecule has 2 nitrogen and oxygen atoms in total. The van der Waals surface area contributed by atoms with Crippen LogP contribution in [0.3, 0.4) is 0 Å². The van der Waals surface area contributed by atoms with E-state index in [9.17, 15) is 13.6 Å². The molecule has 0 unspecified atom stereocenters. The van der Waals surface area contributed by atoms with Crippen LogP contribution in [0.15, 0.2) is 35.1 Å². The van der Waals surface area contributed by atoms with Crippen LogP contribution in [-0.4, -0.2) is 4.98 Å². The van der Waals surface area contributed by atoms with Gasteiger partial charge in [-0.15, -0.1) is 0 Å². The van der Waals surface area contributed by atoms with Gasteiger partial charge in [0.1, 0.15) is 0 Å². The summed E-state index contributed by atoms with van der Waals surface area (Å²) in [5, 5.41) is 0. The first-order valence-electron chi connectivity index (χ1n) is 6.15. The molecule has 0 amide bonds. The van der Waals surface area contributed by atoms with Crippen molar-refractivity contribution >= 4 is 0 Å². The Morgan fingerprint density at radius 1 is 1.11 bits per heavy atom. The predicted octanol–water partition coefficient (Wildman–Crippen LogP) is 3.52. The van der Waals surface area contributed by atoms with E-state index in [1.807, 2.05) is 13.8 Å². The summed E-state index contributed by atoms with van der Waals surface area (Å²) in [5.41, 5.74) is 0.362. The zero-order chi connectivity index (χ0) is 14.0. The number of halogens is 2. The second kappa shape index (κ2) is 5.34. The zero-order valence-corrected chi connectivity index (χ0v) is 10.8. The highest BCUT2D eigenvalue weighted by molar-refractivity contribution is 5.60. The van der Waals surface area contributed by atoms with Crippen LogP contribution in [0, 0.1) is 17.6 Å². The third kappa shape index (κ3) is 2.89. The van der Waals surface area contributed by atoms with Gasteiger partial charge in [0, 0.05) is 11.6 Å². The molecule has 0 aliphatic rings. The number of H-pyrrole nitrogens is 1. The number of hydrogen-bond donors (Lipinski definition) is 1. The Kier molecular flexibility index (Phi) is 3.79. The van der Waals surface area contributed by atoms with Gasteiger partial charge in [0.25, 0.3) is 0 Å². The molecule has 19 heavy (non-hydrogen) atoms.